The van der Waals surface area contributed by atoms with Crippen molar-refractivity contribution in [1.29, 1.82) is 0 Å². The molecule has 4 rings (SSSR count). The lowest BCUT2D eigenvalue weighted by atomic mass is 9.89. The Balaban J connectivity index is 1.85. The number of aliphatic hydroxyl groups excluding tert-OH is 1. The summed E-state index contributed by atoms with van der Waals surface area (Å²) >= 11 is 12.3. The molecule has 0 aromatic heterocycles. The Morgan fingerprint density at radius 2 is 1.81 bits per heavy atom. The summed E-state index contributed by atoms with van der Waals surface area (Å²) in [7, 11) is 1.53. The summed E-state index contributed by atoms with van der Waals surface area (Å²) in [6.07, 6.45) is 4.21. The fraction of sp³-hybridized carbons (Fsp3) is 0.333. The van der Waals surface area contributed by atoms with Crippen LogP contribution in [-0.2, 0) is 27.2 Å². The molecular formula is C24H23Cl2NO4. The lowest BCUT2D eigenvalue weighted by Crippen LogP contribution is -2.32. The van der Waals surface area contributed by atoms with Crippen LogP contribution in [0.3, 0.4) is 0 Å². The predicted octanol–water partition coefficient (Wildman–Crippen LogP) is 4.94. The van der Waals surface area contributed by atoms with Crippen LogP contribution in [-0.4, -0.2) is 42.0 Å². The van der Waals surface area contributed by atoms with Crippen molar-refractivity contribution in [3.63, 3.8) is 0 Å². The molecule has 5 nitrogen and oxygen atoms in total. The monoisotopic (exact) mass is 459 g/mol. The van der Waals surface area contributed by atoms with Gasteiger partial charge in [0.25, 0.3) is 11.7 Å². The highest BCUT2D eigenvalue weighted by Gasteiger charge is 2.46. The number of aliphatic hydroxyl groups is 1. The number of hydrogen-bond acceptors (Lipinski definition) is 4. The van der Waals surface area contributed by atoms with Crippen molar-refractivity contribution >= 4 is 40.7 Å². The highest BCUT2D eigenvalue weighted by atomic mass is 35.5. The number of Topliss-reactive ketones (excluding diaryl/α,β-unsaturated/α-hetero) is 1. The van der Waals surface area contributed by atoms with Gasteiger partial charge in [-0.1, -0.05) is 41.4 Å². The second-order valence-corrected chi connectivity index (χ2v) is 8.66. The standard InChI is InChI=1S/C24H23Cl2NO4/c1-31-11-10-27-21(16-8-9-18(25)19(26)13-16)20(23(29)24(27)30)22(28)17-7-6-14-4-2-3-5-15(14)12-17/h6-9,12-13,21,28H,2-5,10-11H2,1H3/b22-20-. The molecule has 2 aliphatic rings. The van der Waals surface area contributed by atoms with Crippen LogP contribution >= 0.6 is 23.2 Å². The largest absolute Gasteiger partial charge is 0.507 e. The van der Waals surface area contributed by atoms with Crippen LogP contribution in [0.5, 0.6) is 0 Å². The number of hydrogen-bond donors (Lipinski definition) is 1. The number of halogens is 2. The zero-order valence-corrected chi connectivity index (χ0v) is 18.7. The zero-order chi connectivity index (χ0) is 22.1. The molecule has 1 saturated heterocycles. The maximum atomic E-state index is 13.0. The van der Waals surface area contributed by atoms with Gasteiger partial charge in [0.1, 0.15) is 5.76 Å². The fourth-order valence-corrected chi connectivity index (χ4v) is 4.67. The summed E-state index contributed by atoms with van der Waals surface area (Å²) in [5.41, 5.74) is 3.63. The molecule has 1 atom stereocenters. The number of rotatable bonds is 5. The van der Waals surface area contributed by atoms with Crippen molar-refractivity contribution in [1.82, 2.24) is 4.90 Å². The summed E-state index contributed by atoms with van der Waals surface area (Å²) in [5.74, 6) is -1.57. The average Bonchev–Trinajstić information content (AvgIpc) is 3.03. The Bertz CT molecular complexity index is 1080. The quantitative estimate of drug-likeness (QED) is 0.390. The number of aryl methyl sites for hydroxylation is 2. The third kappa shape index (κ3) is 4.10. The van der Waals surface area contributed by atoms with Gasteiger partial charge in [-0.3, -0.25) is 9.59 Å². The molecule has 0 bridgehead atoms. The molecule has 162 valence electrons. The number of amides is 1. The SMILES string of the molecule is COCCN1C(=O)C(=O)/C(=C(\O)c2ccc3c(c2)CCCC3)C1c1ccc(Cl)c(Cl)c1. The third-order valence-corrected chi connectivity index (χ3v) is 6.70. The van der Waals surface area contributed by atoms with E-state index in [1.165, 1.54) is 23.1 Å². The van der Waals surface area contributed by atoms with Gasteiger partial charge in [-0.15, -0.1) is 0 Å². The number of nitrogens with zero attached hydrogens (tertiary/aromatic N) is 1. The van der Waals surface area contributed by atoms with Gasteiger partial charge >= 0.3 is 0 Å². The number of ketones is 1. The van der Waals surface area contributed by atoms with Gasteiger partial charge in [-0.25, -0.2) is 0 Å². The molecule has 2 aromatic carbocycles. The van der Waals surface area contributed by atoms with E-state index in [0.717, 1.165) is 25.7 Å². The first-order valence-electron chi connectivity index (χ1n) is 10.3. The number of carbonyl (C=O) groups is 2. The minimum atomic E-state index is -0.777. The van der Waals surface area contributed by atoms with Crippen LogP contribution in [0.2, 0.25) is 10.0 Å². The topological polar surface area (TPSA) is 66.8 Å². The lowest BCUT2D eigenvalue weighted by molar-refractivity contribution is -0.140. The van der Waals surface area contributed by atoms with Gasteiger partial charge < -0.3 is 14.7 Å². The lowest BCUT2D eigenvalue weighted by Gasteiger charge is -2.25. The van der Waals surface area contributed by atoms with Gasteiger partial charge in [0.2, 0.25) is 0 Å². The Hall–Kier alpha value is -2.34. The smallest absolute Gasteiger partial charge is 0.295 e. The summed E-state index contributed by atoms with van der Waals surface area (Å²) in [6, 6.07) is 9.92. The van der Waals surface area contributed by atoms with Crippen LogP contribution in [0.15, 0.2) is 42.0 Å². The molecule has 31 heavy (non-hydrogen) atoms. The molecule has 7 heteroatoms. The molecule has 1 fully saturated rings. The molecule has 1 aliphatic heterocycles. The van der Waals surface area contributed by atoms with Crippen LogP contribution < -0.4 is 0 Å². The molecule has 0 radical (unpaired) electrons. The fourth-order valence-electron chi connectivity index (χ4n) is 4.37. The minimum absolute atomic E-state index is 0.0512. The van der Waals surface area contributed by atoms with E-state index in [-0.39, 0.29) is 24.5 Å². The van der Waals surface area contributed by atoms with Gasteiger partial charge in [0.15, 0.2) is 0 Å². The van der Waals surface area contributed by atoms with E-state index >= 15 is 0 Å². The number of carbonyl (C=O) groups excluding carboxylic acids is 2. The molecule has 1 heterocycles. The van der Waals surface area contributed by atoms with Crippen LogP contribution in [0.25, 0.3) is 5.76 Å². The Morgan fingerprint density at radius 3 is 2.52 bits per heavy atom. The Kier molecular flexibility index (Phi) is 6.37. The molecule has 0 saturated carbocycles. The number of benzene rings is 2. The second kappa shape index (κ2) is 9.03. The van der Waals surface area contributed by atoms with E-state index in [2.05, 4.69) is 0 Å². The first kappa shape index (κ1) is 21.9. The molecule has 1 N–H and O–H groups in total. The molecule has 2 aromatic rings. The highest BCUT2D eigenvalue weighted by molar-refractivity contribution is 6.46. The molecule has 1 unspecified atom stereocenters. The third-order valence-electron chi connectivity index (χ3n) is 5.96. The van der Waals surface area contributed by atoms with E-state index in [1.54, 1.807) is 18.2 Å². The summed E-state index contributed by atoms with van der Waals surface area (Å²) in [5, 5.41) is 11.9. The van der Waals surface area contributed by atoms with E-state index in [9.17, 15) is 14.7 Å². The van der Waals surface area contributed by atoms with Crippen LogP contribution in [0, 0.1) is 0 Å². The van der Waals surface area contributed by atoms with Crippen molar-refractivity contribution in [3.05, 3.63) is 74.3 Å². The maximum Gasteiger partial charge on any atom is 0.295 e. The minimum Gasteiger partial charge on any atom is -0.507 e. The molecule has 1 aliphatic carbocycles. The maximum absolute atomic E-state index is 13.0. The first-order chi connectivity index (χ1) is 14.9. The normalized spacial score (nSPS) is 20.2. The van der Waals surface area contributed by atoms with Crippen molar-refractivity contribution < 1.29 is 19.4 Å². The highest BCUT2D eigenvalue weighted by Crippen LogP contribution is 2.41. The second-order valence-electron chi connectivity index (χ2n) is 7.85. The summed E-state index contributed by atoms with van der Waals surface area (Å²) < 4.78 is 5.13. The number of fused-ring (bicyclic) bond motifs is 1. The van der Waals surface area contributed by atoms with Crippen LogP contribution in [0.1, 0.15) is 41.1 Å². The van der Waals surface area contributed by atoms with Gasteiger partial charge in [-0.2, -0.15) is 0 Å². The molecule has 0 spiro atoms. The number of methoxy groups -OCH3 is 1. The molecular weight excluding hydrogens is 437 g/mol. The van der Waals surface area contributed by atoms with E-state index in [0.29, 0.717) is 21.2 Å². The molecule has 1 amide bonds. The Labute approximate surface area is 191 Å². The predicted molar refractivity (Wildman–Crippen MR) is 120 cm³/mol. The van der Waals surface area contributed by atoms with E-state index in [4.69, 9.17) is 27.9 Å². The van der Waals surface area contributed by atoms with E-state index < -0.39 is 17.7 Å². The van der Waals surface area contributed by atoms with Crippen molar-refractivity contribution in [2.75, 3.05) is 20.3 Å². The number of likely N-dealkylation sites (tertiary alicyclic amines) is 1. The van der Waals surface area contributed by atoms with Gasteiger partial charge in [0.05, 0.1) is 28.3 Å². The average molecular weight is 460 g/mol. The van der Waals surface area contributed by atoms with Crippen LogP contribution in [0.4, 0.5) is 0 Å². The summed E-state index contributed by atoms with van der Waals surface area (Å²) in [4.78, 5) is 27.3. The van der Waals surface area contributed by atoms with Gasteiger partial charge in [0, 0.05) is 19.2 Å². The van der Waals surface area contributed by atoms with Gasteiger partial charge in [-0.05, 0) is 60.6 Å². The van der Waals surface area contributed by atoms with Crippen molar-refractivity contribution in [3.8, 4) is 0 Å². The Morgan fingerprint density at radius 1 is 1.06 bits per heavy atom. The van der Waals surface area contributed by atoms with Crippen molar-refractivity contribution in [2.45, 2.75) is 31.7 Å². The van der Waals surface area contributed by atoms with Crippen molar-refractivity contribution in [2.24, 2.45) is 0 Å². The van der Waals surface area contributed by atoms with E-state index in [1.807, 2.05) is 18.2 Å². The summed E-state index contributed by atoms with van der Waals surface area (Å²) in [6.45, 7) is 0.455. The first-order valence-corrected chi connectivity index (χ1v) is 11.0. The number of ether oxygens (including phenoxy) is 1. The zero-order valence-electron chi connectivity index (χ0n) is 17.2.